The molecule has 0 amide bonds. The number of hydrogen-bond donors (Lipinski definition) is 1. The van der Waals surface area contributed by atoms with E-state index in [0.29, 0.717) is 29.6 Å². The van der Waals surface area contributed by atoms with Crippen LogP contribution >= 0.6 is 0 Å². The van der Waals surface area contributed by atoms with E-state index >= 15 is 4.39 Å². The number of nitrogens with one attached hydrogen (secondary N) is 1. The van der Waals surface area contributed by atoms with Crippen LogP contribution in [-0.2, 0) is 0 Å². The Morgan fingerprint density at radius 3 is 2.47 bits per heavy atom. The number of ether oxygens (including phenoxy) is 1. The van der Waals surface area contributed by atoms with Gasteiger partial charge in [0.1, 0.15) is 23.9 Å². The molecule has 2 aliphatic heterocycles. The zero-order chi connectivity index (χ0) is 27.0. The van der Waals surface area contributed by atoms with Crippen LogP contribution in [0.5, 0.6) is 5.75 Å². The molecule has 2 aromatic carbocycles. The highest BCUT2D eigenvalue weighted by Crippen LogP contribution is 2.40. The molecule has 7 nitrogen and oxygen atoms in total. The van der Waals surface area contributed by atoms with Crippen molar-refractivity contribution >= 4 is 23.0 Å². The van der Waals surface area contributed by atoms with E-state index in [1.807, 2.05) is 25.1 Å². The Hall–Kier alpha value is -3.46. The molecule has 3 aromatic rings. The van der Waals surface area contributed by atoms with E-state index in [1.54, 1.807) is 6.07 Å². The zero-order valence-corrected chi connectivity index (χ0v) is 22.8. The van der Waals surface area contributed by atoms with Gasteiger partial charge < -0.3 is 24.8 Å². The third-order valence-corrected chi connectivity index (χ3v) is 7.52. The van der Waals surface area contributed by atoms with Crippen LogP contribution in [0.4, 0.5) is 31.8 Å². The van der Waals surface area contributed by atoms with Crippen LogP contribution in [0, 0.1) is 18.6 Å². The van der Waals surface area contributed by atoms with Crippen LogP contribution in [0.25, 0.3) is 11.3 Å². The number of hydrogen-bond acceptors (Lipinski definition) is 7. The van der Waals surface area contributed by atoms with Crippen LogP contribution in [-0.4, -0.2) is 67.3 Å². The van der Waals surface area contributed by atoms with Crippen molar-refractivity contribution in [2.75, 3.05) is 55.5 Å². The maximum absolute atomic E-state index is 15.1. The summed E-state index contributed by atoms with van der Waals surface area (Å²) in [5.41, 5.74) is 3.78. The van der Waals surface area contributed by atoms with Gasteiger partial charge in [-0.2, -0.15) is 0 Å². The summed E-state index contributed by atoms with van der Waals surface area (Å²) in [4.78, 5) is 15.2. The topological polar surface area (TPSA) is 56.8 Å². The fourth-order valence-electron chi connectivity index (χ4n) is 5.42. The number of rotatable bonds is 6. The summed E-state index contributed by atoms with van der Waals surface area (Å²) in [6.45, 7) is 9.22. The van der Waals surface area contributed by atoms with Crippen molar-refractivity contribution in [3.63, 3.8) is 0 Å². The fraction of sp³-hybridized carbons (Fsp3) is 0.448. The van der Waals surface area contributed by atoms with Gasteiger partial charge >= 0.3 is 0 Å². The molecule has 0 atom stereocenters. The first kappa shape index (κ1) is 26.2. The SMILES string of the molecule is Cc1cc(-c2nc(Nc3ccc(N4CCC(N(C)C)CC4)c(F)c3)ncc2F)cc2c1OCCN2C(C)C. The molecule has 1 N–H and O–H groups in total. The quantitative estimate of drug-likeness (QED) is 0.452. The molecule has 1 aromatic heterocycles. The molecular weight excluding hydrogens is 486 g/mol. The minimum atomic E-state index is -0.523. The summed E-state index contributed by atoms with van der Waals surface area (Å²) in [5, 5.41) is 3.05. The Kier molecular flexibility index (Phi) is 7.38. The summed E-state index contributed by atoms with van der Waals surface area (Å²) in [6, 6.07) is 9.64. The molecule has 0 spiro atoms. The van der Waals surface area contributed by atoms with Crippen molar-refractivity contribution in [1.82, 2.24) is 14.9 Å². The smallest absolute Gasteiger partial charge is 0.227 e. The van der Waals surface area contributed by atoms with E-state index in [0.717, 1.165) is 55.7 Å². The lowest BCUT2D eigenvalue weighted by molar-refractivity contribution is 0.249. The van der Waals surface area contributed by atoms with Gasteiger partial charge in [0.25, 0.3) is 0 Å². The lowest BCUT2D eigenvalue weighted by Crippen LogP contribution is -2.42. The Morgan fingerprint density at radius 1 is 1.03 bits per heavy atom. The fourth-order valence-corrected chi connectivity index (χ4v) is 5.42. The van der Waals surface area contributed by atoms with Crippen molar-refractivity contribution < 1.29 is 13.5 Å². The van der Waals surface area contributed by atoms with E-state index in [9.17, 15) is 4.39 Å². The average Bonchev–Trinajstić information content (AvgIpc) is 2.89. The molecular formula is C29H36F2N6O. The number of fused-ring (bicyclic) bond motifs is 1. The van der Waals surface area contributed by atoms with Crippen molar-refractivity contribution in [2.24, 2.45) is 0 Å². The molecule has 1 saturated heterocycles. The van der Waals surface area contributed by atoms with Crippen LogP contribution in [0.15, 0.2) is 36.5 Å². The summed E-state index contributed by atoms with van der Waals surface area (Å²) in [6.07, 6.45) is 3.15. The number of halogens is 2. The molecule has 0 radical (unpaired) electrons. The third-order valence-electron chi connectivity index (χ3n) is 7.52. The number of benzene rings is 2. The predicted octanol–water partition coefficient (Wildman–Crippen LogP) is 5.61. The van der Waals surface area contributed by atoms with Gasteiger partial charge in [0, 0.05) is 36.4 Å². The van der Waals surface area contributed by atoms with Crippen molar-refractivity contribution in [2.45, 2.75) is 45.7 Å². The van der Waals surface area contributed by atoms with E-state index in [-0.39, 0.29) is 23.5 Å². The second-order valence-electron chi connectivity index (χ2n) is 10.6. The first-order valence-electron chi connectivity index (χ1n) is 13.3. The Labute approximate surface area is 223 Å². The number of piperidine rings is 1. The van der Waals surface area contributed by atoms with E-state index < -0.39 is 5.82 Å². The molecule has 5 rings (SSSR count). The Morgan fingerprint density at radius 2 is 1.79 bits per heavy atom. The van der Waals surface area contributed by atoms with Gasteiger partial charge in [-0.15, -0.1) is 0 Å². The lowest BCUT2D eigenvalue weighted by atomic mass is 10.0. The molecule has 9 heteroatoms. The van der Waals surface area contributed by atoms with Crippen LogP contribution in [0.3, 0.4) is 0 Å². The molecule has 202 valence electrons. The number of nitrogens with zero attached hydrogens (tertiary/aromatic N) is 5. The molecule has 0 aliphatic carbocycles. The number of aromatic nitrogens is 2. The summed E-state index contributed by atoms with van der Waals surface area (Å²) in [5.74, 6) is 0.195. The van der Waals surface area contributed by atoms with Crippen LogP contribution in [0.2, 0.25) is 0 Å². The standard InChI is InChI=1S/C29H36F2N6O/c1-18(2)37-12-13-38-28-19(3)14-20(15-26(28)37)27-24(31)17-32-29(34-27)33-21-6-7-25(23(30)16-21)36-10-8-22(9-11-36)35(4)5/h6-7,14-18,22H,8-13H2,1-5H3,(H,32,33,34). The molecule has 38 heavy (non-hydrogen) atoms. The van der Waals surface area contributed by atoms with Crippen molar-refractivity contribution in [1.29, 1.82) is 0 Å². The molecule has 0 unspecified atom stereocenters. The summed E-state index contributed by atoms with van der Waals surface area (Å²) in [7, 11) is 4.18. The predicted molar refractivity (Wildman–Crippen MR) is 149 cm³/mol. The van der Waals surface area contributed by atoms with Gasteiger partial charge in [0.05, 0.1) is 24.1 Å². The van der Waals surface area contributed by atoms with E-state index in [1.165, 1.54) is 6.07 Å². The highest BCUT2D eigenvalue weighted by molar-refractivity contribution is 5.75. The molecule has 1 fully saturated rings. The third kappa shape index (κ3) is 5.25. The van der Waals surface area contributed by atoms with Gasteiger partial charge in [-0.3, -0.25) is 0 Å². The van der Waals surface area contributed by atoms with Gasteiger partial charge in [0.15, 0.2) is 5.82 Å². The molecule has 0 saturated carbocycles. The zero-order valence-electron chi connectivity index (χ0n) is 22.8. The van der Waals surface area contributed by atoms with Crippen molar-refractivity contribution in [3.8, 4) is 17.0 Å². The van der Waals surface area contributed by atoms with Gasteiger partial charge in [0.2, 0.25) is 5.95 Å². The lowest BCUT2D eigenvalue weighted by Gasteiger charge is -2.36. The normalized spacial score (nSPS) is 16.1. The second kappa shape index (κ2) is 10.7. The first-order chi connectivity index (χ1) is 18.2. The second-order valence-corrected chi connectivity index (χ2v) is 10.6. The average molecular weight is 523 g/mol. The number of aryl methyl sites for hydroxylation is 1. The monoisotopic (exact) mass is 522 g/mol. The van der Waals surface area contributed by atoms with E-state index in [4.69, 9.17) is 4.74 Å². The van der Waals surface area contributed by atoms with Crippen LogP contribution in [0.1, 0.15) is 32.3 Å². The largest absolute Gasteiger partial charge is 0.489 e. The number of anilines is 4. The maximum atomic E-state index is 15.1. The Bertz CT molecular complexity index is 1310. The first-order valence-corrected chi connectivity index (χ1v) is 13.3. The molecule has 3 heterocycles. The minimum absolute atomic E-state index is 0.184. The van der Waals surface area contributed by atoms with Gasteiger partial charge in [-0.05, 0) is 83.6 Å². The molecule has 2 aliphatic rings. The molecule has 0 bridgehead atoms. The summed E-state index contributed by atoms with van der Waals surface area (Å²) < 4.78 is 36.0. The van der Waals surface area contributed by atoms with E-state index in [2.05, 4.69) is 57.9 Å². The van der Waals surface area contributed by atoms with Crippen molar-refractivity contribution in [3.05, 3.63) is 53.7 Å². The minimum Gasteiger partial charge on any atom is -0.489 e. The highest BCUT2D eigenvalue weighted by Gasteiger charge is 2.25. The highest BCUT2D eigenvalue weighted by atomic mass is 19.1. The Balaban J connectivity index is 1.38. The maximum Gasteiger partial charge on any atom is 0.227 e. The van der Waals surface area contributed by atoms with Gasteiger partial charge in [-0.1, -0.05) is 0 Å². The van der Waals surface area contributed by atoms with Crippen LogP contribution < -0.4 is 19.9 Å². The summed E-state index contributed by atoms with van der Waals surface area (Å²) >= 11 is 0. The van der Waals surface area contributed by atoms with Gasteiger partial charge in [-0.25, -0.2) is 18.7 Å².